The molecule has 0 saturated heterocycles. The number of aliphatic hydroxyl groups excluding tert-OH is 1. The minimum Gasteiger partial charge on any atom is -0.387 e. The first-order valence-corrected chi connectivity index (χ1v) is 9.86. The van der Waals surface area contributed by atoms with E-state index in [4.69, 9.17) is 5.73 Å². The highest BCUT2D eigenvalue weighted by Crippen LogP contribution is 2.27. The molecule has 0 spiro atoms. The fourth-order valence-corrected chi connectivity index (χ4v) is 4.23. The van der Waals surface area contributed by atoms with E-state index in [0.29, 0.717) is 13.1 Å². The van der Waals surface area contributed by atoms with E-state index in [0.717, 1.165) is 36.8 Å². The lowest BCUT2D eigenvalue weighted by atomic mass is 9.85. The Morgan fingerprint density at radius 1 is 1.28 bits per heavy atom. The van der Waals surface area contributed by atoms with Crippen LogP contribution in [0.1, 0.15) is 42.9 Å². The molecule has 4 nitrogen and oxygen atoms in total. The minimum absolute atomic E-state index is 0.0258. The van der Waals surface area contributed by atoms with Crippen LogP contribution < -0.4 is 5.73 Å². The maximum Gasteiger partial charge on any atom is 0.226 e. The van der Waals surface area contributed by atoms with Crippen molar-refractivity contribution >= 4 is 17.2 Å². The van der Waals surface area contributed by atoms with Crippen LogP contribution in [0.3, 0.4) is 0 Å². The molecule has 1 aromatic carbocycles. The molecule has 1 aliphatic carbocycles. The van der Waals surface area contributed by atoms with Crippen LogP contribution in [0.5, 0.6) is 0 Å². The van der Waals surface area contributed by atoms with Crippen molar-refractivity contribution in [3.8, 4) is 0 Å². The summed E-state index contributed by atoms with van der Waals surface area (Å²) in [5.74, 6) is 0.0930. The Kier molecular flexibility index (Phi) is 6.24. The number of nitrogens with two attached hydrogens (primary N) is 1. The van der Waals surface area contributed by atoms with E-state index < -0.39 is 6.10 Å². The average molecular weight is 359 g/mol. The highest BCUT2D eigenvalue weighted by atomic mass is 32.1. The summed E-state index contributed by atoms with van der Waals surface area (Å²) in [6, 6.07) is 12.0. The SMILES string of the molecule is NC1CCCC(C(=O)N(Cc2ccccc2)CC(O)c2ccsc2)C1. The molecular formula is C20H26N2O2S. The normalized spacial score (nSPS) is 21.7. The van der Waals surface area contributed by atoms with Crippen molar-refractivity contribution in [2.24, 2.45) is 11.7 Å². The number of hydrogen-bond donors (Lipinski definition) is 2. The van der Waals surface area contributed by atoms with Crippen LogP contribution in [0.2, 0.25) is 0 Å². The van der Waals surface area contributed by atoms with Gasteiger partial charge >= 0.3 is 0 Å². The first-order chi connectivity index (χ1) is 12.1. The van der Waals surface area contributed by atoms with Gasteiger partial charge in [0.15, 0.2) is 0 Å². The molecule has 3 N–H and O–H groups in total. The molecule has 2 aromatic rings. The average Bonchev–Trinajstić information content (AvgIpc) is 3.16. The molecule has 3 atom stereocenters. The third-order valence-electron chi connectivity index (χ3n) is 4.91. The lowest BCUT2D eigenvalue weighted by Crippen LogP contribution is -2.42. The van der Waals surface area contributed by atoms with Crippen molar-refractivity contribution in [3.05, 3.63) is 58.3 Å². The van der Waals surface area contributed by atoms with Crippen molar-refractivity contribution in [1.82, 2.24) is 4.90 Å². The van der Waals surface area contributed by atoms with Gasteiger partial charge in [0.1, 0.15) is 0 Å². The molecule has 1 aromatic heterocycles. The molecule has 1 aliphatic rings. The van der Waals surface area contributed by atoms with E-state index >= 15 is 0 Å². The topological polar surface area (TPSA) is 66.6 Å². The van der Waals surface area contributed by atoms with Crippen molar-refractivity contribution in [1.29, 1.82) is 0 Å². The molecule has 5 heteroatoms. The summed E-state index contributed by atoms with van der Waals surface area (Å²) in [6.45, 7) is 0.836. The van der Waals surface area contributed by atoms with E-state index in [1.165, 1.54) is 0 Å². The lowest BCUT2D eigenvalue weighted by Gasteiger charge is -2.32. The monoisotopic (exact) mass is 358 g/mol. The van der Waals surface area contributed by atoms with E-state index in [1.807, 2.05) is 47.2 Å². The smallest absolute Gasteiger partial charge is 0.226 e. The van der Waals surface area contributed by atoms with Crippen molar-refractivity contribution in [2.45, 2.75) is 44.4 Å². The molecule has 3 rings (SSSR count). The maximum atomic E-state index is 13.1. The molecule has 1 heterocycles. The number of hydrogen-bond acceptors (Lipinski definition) is 4. The molecule has 1 fully saturated rings. The standard InChI is InChI=1S/C20H26N2O2S/c21-18-8-4-7-16(11-18)20(24)22(12-15-5-2-1-3-6-15)13-19(23)17-9-10-25-14-17/h1-3,5-6,9-10,14,16,18-19,23H,4,7-8,11-13,21H2. The van der Waals surface area contributed by atoms with Gasteiger partial charge in [0.2, 0.25) is 5.91 Å². The highest BCUT2D eigenvalue weighted by molar-refractivity contribution is 7.07. The van der Waals surface area contributed by atoms with Crippen molar-refractivity contribution in [3.63, 3.8) is 0 Å². The molecular weight excluding hydrogens is 332 g/mol. The molecule has 0 aliphatic heterocycles. The predicted molar refractivity (Wildman–Crippen MR) is 101 cm³/mol. The number of carbonyl (C=O) groups excluding carboxylic acids is 1. The second-order valence-electron chi connectivity index (χ2n) is 6.90. The summed E-state index contributed by atoms with van der Waals surface area (Å²) in [7, 11) is 0. The molecule has 134 valence electrons. The molecule has 3 unspecified atom stereocenters. The largest absolute Gasteiger partial charge is 0.387 e. The Balaban J connectivity index is 1.74. The number of benzene rings is 1. The van der Waals surface area contributed by atoms with Crippen molar-refractivity contribution < 1.29 is 9.90 Å². The Morgan fingerprint density at radius 2 is 2.08 bits per heavy atom. The molecule has 25 heavy (non-hydrogen) atoms. The van der Waals surface area contributed by atoms with Crippen molar-refractivity contribution in [2.75, 3.05) is 6.54 Å². The van der Waals surface area contributed by atoms with E-state index in [-0.39, 0.29) is 17.9 Å². The van der Waals surface area contributed by atoms with Gasteiger partial charge in [-0.15, -0.1) is 0 Å². The van der Waals surface area contributed by atoms with Crippen LogP contribution in [0, 0.1) is 5.92 Å². The number of thiophene rings is 1. The third kappa shape index (κ3) is 4.91. The highest BCUT2D eigenvalue weighted by Gasteiger charge is 2.30. The van der Waals surface area contributed by atoms with Gasteiger partial charge in [-0.25, -0.2) is 0 Å². The second kappa shape index (κ2) is 8.61. The summed E-state index contributed by atoms with van der Waals surface area (Å²) >= 11 is 1.56. The first-order valence-electron chi connectivity index (χ1n) is 8.92. The van der Waals surface area contributed by atoms with Gasteiger partial charge in [-0.3, -0.25) is 4.79 Å². The third-order valence-corrected chi connectivity index (χ3v) is 5.61. The van der Waals surface area contributed by atoms with E-state index in [9.17, 15) is 9.90 Å². The maximum absolute atomic E-state index is 13.1. The van der Waals surface area contributed by atoms with Crippen LogP contribution in [0.4, 0.5) is 0 Å². The van der Waals surface area contributed by atoms with Crippen LogP contribution in [-0.2, 0) is 11.3 Å². The minimum atomic E-state index is -0.656. The Bertz CT molecular complexity index is 660. The van der Waals surface area contributed by atoms with Crippen LogP contribution in [0.25, 0.3) is 0 Å². The predicted octanol–water partition coefficient (Wildman–Crippen LogP) is 3.33. The zero-order valence-corrected chi connectivity index (χ0v) is 15.2. The fraction of sp³-hybridized carbons (Fsp3) is 0.450. The summed E-state index contributed by atoms with van der Waals surface area (Å²) in [5.41, 5.74) is 8.02. The molecule has 1 amide bonds. The van der Waals surface area contributed by atoms with Gasteiger partial charge in [-0.05, 0) is 47.2 Å². The van der Waals surface area contributed by atoms with Gasteiger partial charge in [-0.1, -0.05) is 36.8 Å². The quantitative estimate of drug-likeness (QED) is 0.832. The van der Waals surface area contributed by atoms with Crippen LogP contribution >= 0.6 is 11.3 Å². The number of rotatable bonds is 6. The van der Waals surface area contributed by atoms with Gasteiger partial charge in [0.25, 0.3) is 0 Å². The van der Waals surface area contributed by atoms with Gasteiger partial charge in [-0.2, -0.15) is 11.3 Å². The summed E-state index contributed by atoms with van der Waals surface area (Å²) in [4.78, 5) is 14.9. The Morgan fingerprint density at radius 3 is 2.76 bits per heavy atom. The summed E-state index contributed by atoms with van der Waals surface area (Å²) < 4.78 is 0. The van der Waals surface area contributed by atoms with Gasteiger partial charge in [0.05, 0.1) is 12.6 Å². The molecule has 0 bridgehead atoms. The lowest BCUT2D eigenvalue weighted by molar-refractivity contribution is -0.139. The number of nitrogens with zero attached hydrogens (tertiary/aromatic N) is 1. The fourth-order valence-electron chi connectivity index (χ4n) is 3.53. The van der Waals surface area contributed by atoms with E-state index in [2.05, 4.69) is 0 Å². The zero-order chi connectivity index (χ0) is 17.6. The van der Waals surface area contributed by atoms with Gasteiger partial charge in [0, 0.05) is 18.5 Å². The summed E-state index contributed by atoms with van der Waals surface area (Å²) in [5, 5.41) is 14.4. The number of aliphatic hydroxyl groups is 1. The first kappa shape index (κ1) is 18.1. The Hall–Kier alpha value is -1.69. The van der Waals surface area contributed by atoms with Crippen LogP contribution in [0.15, 0.2) is 47.2 Å². The second-order valence-corrected chi connectivity index (χ2v) is 7.68. The van der Waals surface area contributed by atoms with Crippen LogP contribution in [-0.4, -0.2) is 28.5 Å². The Labute approximate surface area is 153 Å². The van der Waals surface area contributed by atoms with Gasteiger partial charge < -0.3 is 15.7 Å². The molecule has 1 saturated carbocycles. The zero-order valence-electron chi connectivity index (χ0n) is 14.4. The number of amides is 1. The molecule has 0 radical (unpaired) electrons. The van der Waals surface area contributed by atoms with E-state index in [1.54, 1.807) is 16.2 Å². The summed E-state index contributed by atoms with van der Waals surface area (Å²) in [6.07, 6.45) is 2.99. The number of carbonyl (C=O) groups is 1.